The van der Waals surface area contributed by atoms with Crippen LogP contribution in [0.3, 0.4) is 0 Å². The Morgan fingerprint density at radius 1 is 1.17 bits per heavy atom. The first-order valence-electron chi connectivity index (χ1n) is 10.3. The lowest BCUT2D eigenvalue weighted by Gasteiger charge is -2.12. The van der Waals surface area contributed by atoms with E-state index in [1.54, 1.807) is 0 Å². The molecule has 0 radical (unpaired) electrons. The second kappa shape index (κ2) is 8.52. The summed E-state index contributed by atoms with van der Waals surface area (Å²) in [7, 11) is 0. The van der Waals surface area contributed by atoms with Crippen LogP contribution >= 0.6 is 0 Å². The number of nitrogens with zero attached hydrogens (tertiary/aromatic N) is 2. The maximum atomic E-state index is 12.3. The summed E-state index contributed by atoms with van der Waals surface area (Å²) in [5, 5.41) is 7.90. The van der Waals surface area contributed by atoms with Crippen molar-refractivity contribution in [3.63, 3.8) is 0 Å². The minimum atomic E-state index is 0.100. The molecule has 3 aromatic rings. The van der Waals surface area contributed by atoms with Crippen molar-refractivity contribution in [1.82, 2.24) is 15.1 Å². The molecule has 5 nitrogen and oxygen atoms in total. The van der Waals surface area contributed by atoms with Crippen molar-refractivity contribution in [3.8, 4) is 17.3 Å². The van der Waals surface area contributed by atoms with Gasteiger partial charge in [-0.05, 0) is 62.4 Å². The first-order chi connectivity index (χ1) is 14.1. The zero-order chi connectivity index (χ0) is 20.2. The minimum Gasteiger partial charge on any atom is -0.439 e. The molecule has 2 aromatic carbocycles. The fourth-order valence-corrected chi connectivity index (χ4v) is 3.42. The maximum absolute atomic E-state index is 12.3. The van der Waals surface area contributed by atoms with Crippen molar-refractivity contribution in [2.45, 2.75) is 52.0 Å². The number of rotatable bonds is 8. The summed E-state index contributed by atoms with van der Waals surface area (Å²) >= 11 is 0. The summed E-state index contributed by atoms with van der Waals surface area (Å²) in [5.74, 6) is 1.56. The number of carbonyl (C=O) groups excluding carboxylic acids is 1. The standard InChI is InChI=1S/C24H27N3O2/c1-3-22-21(14-15-23(28)25-18-12-13-18)24(29-20-11-7-8-17(2)16-20)27(26-22)19-9-5-4-6-10-19/h4-11,16,18H,3,12-15H2,1-2H3,(H,25,28). The Hall–Kier alpha value is -3.08. The number of hydrogen-bond donors (Lipinski definition) is 1. The van der Waals surface area contributed by atoms with Gasteiger partial charge in [-0.15, -0.1) is 0 Å². The number of para-hydroxylation sites is 1. The van der Waals surface area contributed by atoms with Crippen molar-refractivity contribution < 1.29 is 9.53 Å². The van der Waals surface area contributed by atoms with E-state index in [1.807, 2.05) is 66.2 Å². The summed E-state index contributed by atoms with van der Waals surface area (Å²) in [4.78, 5) is 12.3. The molecule has 1 amide bonds. The molecule has 0 saturated heterocycles. The van der Waals surface area contributed by atoms with E-state index in [4.69, 9.17) is 9.84 Å². The Morgan fingerprint density at radius 3 is 2.66 bits per heavy atom. The minimum absolute atomic E-state index is 0.100. The van der Waals surface area contributed by atoms with E-state index in [0.717, 1.165) is 47.5 Å². The second-order valence-corrected chi connectivity index (χ2v) is 7.59. The molecule has 29 heavy (non-hydrogen) atoms. The van der Waals surface area contributed by atoms with Crippen LogP contribution in [0.15, 0.2) is 54.6 Å². The van der Waals surface area contributed by atoms with Gasteiger partial charge in [-0.2, -0.15) is 5.10 Å². The predicted octanol–water partition coefficient (Wildman–Crippen LogP) is 4.75. The van der Waals surface area contributed by atoms with E-state index in [1.165, 1.54) is 0 Å². The van der Waals surface area contributed by atoms with Gasteiger partial charge in [0.25, 0.3) is 0 Å². The third-order valence-corrected chi connectivity index (χ3v) is 5.10. The van der Waals surface area contributed by atoms with Crippen molar-refractivity contribution in [2.24, 2.45) is 0 Å². The number of aromatic nitrogens is 2. The smallest absolute Gasteiger partial charge is 0.226 e. The van der Waals surface area contributed by atoms with Crippen LogP contribution in [0.1, 0.15) is 43.0 Å². The summed E-state index contributed by atoms with van der Waals surface area (Å²) in [6, 6.07) is 18.4. The number of carbonyl (C=O) groups is 1. The summed E-state index contributed by atoms with van der Waals surface area (Å²) in [6.45, 7) is 4.13. The van der Waals surface area contributed by atoms with Crippen molar-refractivity contribution in [1.29, 1.82) is 0 Å². The van der Waals surface area contributed by atoms with Gasteiger partial charge >= 0.3 is 0 Å². The Labute approximate surface area is 171 Å². The number of nitrogens with one attached hydrogen (secondary N) is 1. The van der Waals surface area contributed by atoms with Crippen molar-refractivity contribution >= 4 is 5.91 Å². The van der Waals surface area contributed by atoms with Gasteiger partial charge in [-0.1, -0.05) is 37.3 Å². The summed E-state index contributed by atoms with van der Waals surface area (Å²) in [6.07, 6.45) is 4.02. The highest BCUT2D eigenvalue weighted by Crippen LogP contribution is 2.32. The number of benzene rings is 2. The van der Waals surface area contributed by atoms with E-state index < -0.39 is 0 Å². The van der Waals surface area contributed by atoms with Gasteiger partial charge in [0.05, 0.1) is 11.4 Å². The Kier molecular flexibility index (Phi) is 5.65. The molecular weight excluding hydrogens is 362 g/mol. The van der Waals surface area contributed by atoms with Crippen LogP contribution < -0.4 is 10.1 Å². The van der Waals surface area contributed by atoms with Crippen LogP contribution in [0.4, 0.5) is 0 Å². The van der Waals surface area contributed by atoms with Gasteiger partial charge in [0.15, 0.2) is 0 Å². The molecule has 0 unspecified atom stereocenters. The van der Waals surface area contributed by atoms with Gasteiger partial charge in [0.1, 0.15) is 5.75 Å². The molecule has 1 N–H and O–H groups in total. The topological polar surface area (TPSA) is 56.2 Å². The molecule has 1 heterocycles. The fraction of sp³-hybridized carbons (Fsp3) is 0.333. The van der Waals surface area contributed by atoms with Crippen LogP contribution in [0.2, 0.25) is 0 Å². The zero-order valence-electron chi connectivity index (χ0n) is 17.0. The molecule has 1 aliphatic carbocycles. The monoisotopic (exact) mass is 389 g/mol. The quantitative estimate of drug-likeness (QED) is 0.605. The number of amides is 1. The second-order valence-electron chi connectivity index (χ2n) is 7.59. The molecule has 0 aliphatic heterocycles. The molecule has 5 heteroatoms. The maximum Gasteiger partial charge on any atom is 0.226 e. The lowest BCUT2D eigenvalue weighted by molar-refractivity contribution is -0.121. The van der Waals surface area contributed by atoms with E-state index in [-0.39, 0.29) is 5.91 Å². The molecule has 150 valence electrons. The summed E-state index contributed by atoms with van der Waals surface area (Å²) < 4.78 is 8.21. The van der Waals surface area contributed by atoms with Crippen LogP contribution in [0, 0.1) is 6.92 Å². The van der Waals surface area contributed by atoms with Crippen LogP contribution in [0.25, 0.3) is 5.69 Å². The van der Waals surface area contributed by atoms with Gasteiger partial charge in [0, 0.05) is 18.0 Å². The van der Waals surface area contributed by atoms with E-state index in [0.29, 0.717) is 24.8 Å². The average molecular weight is 389 g/mol. The number of aryl methyl sites for hydroxylation is 2. The zero-order valence-corrected chi connectivity index (χ0v) is 17.0. The summed E-state index contributed by atoms with van der Waals surface area (Å²) in [5.41, 5.74) is 4.05. The van der Waals surface area contributed by atoms with Crippen LogP contribution in [0.5, 0.6) is 11.6 Å². The highest BCUT2D eigenvalue weighted by Gasteiger charge is 2.25. The third kappa shape index (κ3) is 4.67. The Bertz CT molecular complexity index is 991. The molecule has 4 rings (SSSR count). The number of hydrogen-bond acceptors (Lipinski definition) is 3. The van der Waals surface area contributed by atoms with Crippen LogP contribution in [-0.2, 0) is 17.6 Å². The largest absolute Gasteiger partial charge is 0.439 e. The normalized spacial score (nSPS) is 13.3. The number of ether oxygens (including phenoxy) is 1. The predicted molar refractivity (Wildman–Crippen MR) is 114 cm³/mol. The fourth-order valence-electron chi connectivity index (χ4n) is 3.42. The van der Waals surface area contributed by atoms with E-state index in [2.05, 4.69) is 12.2 Å². The lowest BCUT2D eigenvalue weighted by Crippen LogP contribution is -2.25. The first kappa shape index (κ1) is 19.2. The average Bonchev–Trinajstić information content (AvgIpc) is 3.47. The first-order valence-corrected chi connectivity index (χ1v) is 10.3. The van der Waals surface area contributed by atoms with Crippen molar-refractivity contribution in [3.05, 3.63) is 71.4 Å². The van der Waals surface area contributed by atoms with Crippen molar-refractivity contribution in [2.75, 3.05) is 0 Å². The molecule has 1 aliphatic rings. The third-order valence-electron chi connectivity index (χ3n) is 5.10. The Balaban J connectivity index is 1.68. The Morgan fingerprint density at radius 2 is 1.97 bits per heavy atom. The molecule has 1 fully saturated rings. The van der Waals surface area contributed by atoms with Gasteiger partial charge in [-0.25, -0.2) is 4.68 Å². The lowest BCUT2D eigenvalue weighted by atomic mass is 10.1. The highest BCUT2D eigenvalue weighted by molar-refractivity contribution is 5.77. The molecular formula is C24H27N3O2. The van der Waals surface area contributed by atoms with Gasteiger partial charge < -0.3 is 10.1 Å². The molecule has 1 aromatic heterocycles. The van der Waals surface area contributed by atoms with E-state index >= 15 is 0 Å². The SMILES string of the molecule is CCc1nn(-c2ccccc2)c(Oc2cccc(C)c2)c1CCC(=O)NC1CC1. The molecule has 0 bridgehead atoms. The van der Waals surface area contributed by atoms with Gasteiger partial charge in [-0.3, -0.25) is 4.79 Å². The molecule has 0 spiro atoms. The van der Waals surface area contributed by atoms with E-state index in [9.17, 15) is 4.79 Å². The van der Waals surface area contributed by atoms with Crippen LogP contribution in [-0.4, -0.2) is 21.7 Å². The molecule has 1 saturated carbocycles. The molecule has 0 atom stereocenters. The van der Waals surface area contributed by atoms with Gasteiger partial charge in [0.2, 0.25) is 11.8 Å². The highest BCUT2D eigenvalue weighted by atomic mass is 16.5.